The van der Waals surface area contributed by atoms with E-state index in [9.17, 15) is 4.79 Å². The third-order valence-corrected chi connectivity index (χ3v) is 4.92. The van der Waals surface area contributed by atoms with E-state index in [-0.39, 0.29) is 17.9 Å². The van der Waals surface area contributed by atoms with Gasteiger partial charge >= 0.3 is 0 Å². The maximum absolute atomic E-state index is 12.5. The molecule has 1 aromatic rings. The van der Waals surface area contributed by atoms with Gasteiger partial charge < -0.3 is 9.80 Å². The fourth-order valence-electron chi connectivity index (χ4n) is 2.82. The molecule has 0 radical (unpaired) electrons. The van der Waals surface area contributed by atoms with E-state index >= 15 is 0 Å². The lowest BCUT2D eigenvalue weighted by molar-refractivity contribution is -0.894. The summed E-state index contributed by atoms with van der Waals surface area (Å²) in [6.07, 6.45) is 2.07. The van der Waals surface area contributed by atoms with Gasteiger partial charge in [-0.1, -0.05) is 38.1 Å². The van der Waals surface area contributed by atoms with Crippen LogP contribution >= 0.6 is 0 Å². The van der Waals surface area contributed by atoms with Crippen LogP contribution in [0.3, 0.4) is 0 Å². The highest BCUT2D eigenvalue weighted by atomic mass is 16.1. The van der Waals surface area contributed by atoms with E-state index in [0.717, 1.165) is 22.9 Å². The second-order valence-corrected chi connectivity index (χ2v) is 8.67. The number of benzene rings is 1. The molecule has 0 bridgehead atoms. The molecule has 0 saturated heterocycles. The highest BCUT2D eigenvalue weighted by Gasteiger charge is 2.23. The average molecular weight is 334 g/mol. The van der Waals surface area contributed by atoms with Gasteiger partial charge in [0.2, 0.25) is 5.91 Å². The van der Waals surface area contributed by atoms with Gasteiger partial charge in [0.15, 0.2) is 0 Å². The molecule has 136 valence electrons. The Hall–Kier alpha value is -1.35. The smallest absolute Gasteiger partial charge is 0.227 e. The van der Waals surface area contributed by atoms with E-state index in [0.29, 0.717) is 12.0 Å². The van der Waals surface area contributed by atoms with Gasteiger partial charge in [0.05, 0.1) is 33.1 Å². The van der Waals surface area contributed by atoms with Gasteiger partial charge in [-0.05, 0) is 44.2 Å². The zero-order valence-corrected chi connectivity index (χ0v) is 16.9. The summed E-state index contributed by atoms with van der Waals surface area (Å²) in [6.45, 7) is 10.8. The zero-order valence-electron chi connectivity index (χ0n) is 16.9. The minimum Gasteiger partial charge on any atom is -0.353 e. The lowest BCUT2D eigenvalue weighted by atomic mass is 9.96. The van der Waals surface area contributed by atoms with Crippen LogP contribution < -0.4 is 5.32 Å². The summed E-state index contributed by atoms with van der Waals surface area (Å²) in [7, 11) is 6.58. The lowest BCUT2D eigenvalue weighted by Crippen LogP contribution is -2.47. The summed E-state index contributed by atoms with van der Waals surface area (Å²) in [6, 6.07) is 9.20. The minimum atomic E-state index is -0.111. The number of carbonyl (C=O) groups is 1. The third-order valence-electron chi connectivity index (χ3n) is 4.92. The molecule has 3 nitrogen and oxygen atoms in total. The fourth-order valence-corrected chi connectivity index (χ4v) is 2.82. The SMILES string of the molecule is CC(C)Cc1ccc(C(C)C(=O)N[C@H](C)CC(C)[N+](C)(C)C)cc1. The fraction of sp³-hybridized carbons (Fsp3) is 0.667. The Morgan fingerprint density at radius 3 is 2.00 bits per heavy atom. The molecule has 0 saturated carbocycles. The Balaban J connectivity index is 2.61. The summed E-state index contributed by atoms with van der Waals surface area (Å²) in [5.74, 6) is 0.660. The molecular formula is C21H37N2O+. The van der Waals surface area contributed by atoms with Crippen LogP contribution in [0.15, 0.2) is 24.3 Å². The molecule has 3 atom stereocenters. The number of hydrogen-bond donors (Lipinski definition) is 1. The van der Waals surface area contributed by atoms with Gasteiger partial charge in [-0.25, -0.2) is 0 Å². The molecule has 1 amide bonds. The molecule has 0 spiro atoms. The monoisotopic (exact) mass is 333 g/mol. The van der Waals surface area contributed by atoms with Crippen molar-refractivity contribution in [3.05, 3.63) is 35.4 Å². The highest BCUT2D eigenvalue weighted by molar-refractivity contribution is 5.83. The van der Waals surface area contributed by atoms with Crippen LogP contribution in [0.1, 0.15) is 58.1 Å². The van der Waals surface area contributed by atoms with Crippen molar-refractivity contribution in [2.24, 2.45) is 5.92 Å². The quantitative estimate of drug-likeness (QED) is 0.716. The van der Waals surface area contributed by atoms with Gasteiger partial charge in [0.1, 0.15) is 0 Å². The van der Waals surface area contributed by atoms with E-state index in [1.807, 2.05) is 6.92 Å². The van der Waals surface area contributed by atoms with Gasteiger partial charge in [-0.15, -0.1) is 0 Å². The lowest BCUT2D eigenvalue weighted by Gasteiger charge is -2.33. The van der Waals surface area contributed by atoms with E-state index in [1.54, 1.807) is 0 Å². The van der Waals surface area contributed by atoms with Crippen LogP contribution in [-0.4, -0.2) is 43.6 Å². The number of rotatable bonds is 8. The van der Waals surface area contributed by atoms with Crippen molar-refractivity contribution in [2.75, 3.05) is 21.1 Å². The first-order valence-electron chi connectivity index (χ1n) is 9.21. The van der Waals surface area contributed by atoms with Gasteiger partial charge in [-0.3, -0.25) is 4.79 Å². The standard InChI is InChI=1S/C21H36N2O/c1-15(2)13-19-9-11-20(12-10-19)18(5)21(24)22-16(3)14-17(4)23(6,7)8/h9-12,15-18H,13-14H2,1-8H3/p+1/t16-,17?,18?/m1/s1. The molecule has 1 N–H and O–H groups in total. The Labute approximate surface area is 149 Å². The minimum absolute atomic E-state index is 0.111. The Morgan fingerprint density at radius 1 is 1.00 bits per heavy atom. The molecule has 0 aliphatic carbocycles. The number of amides is 1. The molecule has 1 aromatic carbocycles. The molecule has 0 aliphatic heterocycles. The second-order valence-electron chi connectivity index (χ2n) is 8.67. The Morgan fingerprint density at radius 2 is 1.54 bits per heavy atom. The van der Waals surface area contributed by atoms with Gasteiger partial charge in [0, 0.05) is 12.5 Å². The zero-order chi connectivity index (χ0) is 18.5. The van der Waals surface area contributed by atoms with Crippen LogP contribution in [0.4, 0.5) is 0 Å². The predicted octanol–water partition coefficient (Wildman–Crippen LogP) is 3.98. The Kier molecular flexibility index (Phi) is 7.47. The summed E-state index contributed by atoms with van der Waals surface area (Å²) in [4.78, 5) is 12.5. The largest absolute Gasteiger partial charge is 0.353 e. The van der Waals surface area contributed by atoms with Crippen molar-refractivity contribution in [3.8, 4) is 0 Å². The van der Waals surface area contributed by atoms with Crippen molar-refractivity contribution in [1.29, 1.82) is 0 Å². The summed E-state index contributed by atoms with van der Waals surface area (Å²) in [5, 5.41) is 3.18. The first-order chi connectivity index (χ1) is 11.0. The second kappa shape index (κ2) is 8.66. The topological polar surface area (TPSA) is 29.1 Å². The molecule has 0 fully saturated rings. The number of nitrogens with one attached hydrogen (secondary N) is 1. The molecule has 1 rings (SSSR count). The highest BCUT2D eigenvalue weighted by Crippen LogP contribution is 2.18. The summed E-state index contributed by atoms with van der Waals surface area (Å²) < 4.78 is 0.910. The van der Waals surface area contributed by atoms with Gasteiger partial charge in [0.25, 0.3) is 0 Å². The Bertz CT molecular complexity index is 514. The molecule has 24 heavy (non-hydrogen) atoms. The molecule has 0 aromatic heterocycles. The van der Waals surface area contributed by atoms with Crippen LogP contribution in [0.5, 0.6) is 0 Å². The molecule has 2 unspecified atom stereocenters. The summed E-state index contributed by atoms with van der Waals surface area (Å²) >= 11 is 0. The molecule has 3 heteroatoms. The van der Waals surface area contributed by atoms with E-state index in [1.165, 1.54) is 5.56 Å². The maximum atomic E-state index is 12.5. The van der Waals surface area contributed by atoms with Crippen molar-refractivity contribution in [1.82, 2.24) is 5.32 Å². The third kappa shape index (κ3) is 6.64. The maximum Gasteiger partial charge on any atom is 0.227 e. The van der Waals surface area contributed by atoms with E-state index < -0.39 is 0 Å². The average Bonchev–Trinajstić information content (AvgIpc) is 2.45. The first-order valence-corrected chi connectivity index (χ1v) is 9.21. The molecule has 0 aliphatic rings. The van der Waals surface area contributed by atoms with E-state index in [2.05, 4.69) is 78.4 Å². The van der Waals surface area contributed by atoms with Crippen molar-refractivity contribution in [3.63, 3.8) is 0 Å². The van der Waals surface area contributed by atoms with Crippen LogP contribution in [0.2, 0.25) is 0 Å². The molecule has 0 heterocycles. The van der Waals surface area contributed by atoms with Crippen molar-refractivity contribution < 1.29 is 9.28 Å². The van der Waals surface area contributed by atoms with Gasteiger partial charge in [-0.2, -0.15) is 0 Å². The van der Waals surface area contributed by atoms with Crippen molar-refractivity contribution >= 4 is 5.91 Å². The number of quaternary nitrogens is 1. The normalized spacial score (nSPS) is 15.9. The van der Waals surface area contributed by atoms with Crippen LogP contribution in [-0.2, 0) is 11.2 Å². The molecular weight excluding hydrogens is 296 g/mol. The van der Waals surface area contributed by atoms with Crippen LogP contribution in [0, 0.1) is 5.92 Å². The number of carbonyl (C=O) groups excluding carboxylic acids is 1. The van der Waals surface area contributed by atoms with Crippen molar-refractivity contribution in [2.45, 2.75) is 65.5 Å². The predicted molar refractivity (Wildman–Crippen MR) is 103 cm³/mol. The number of hydrogen-bond acceptors (Lipinski definition) is 1. The number of nitrogens with zero attached hydrogens (tertiary/aromatic N) is 1. The van der Waals surface area contributed by atoms with Crippen LogP contribution in [0.25, 0.3) is 0 Å². The summed E-state index contributed by atoms with van der Waals surface area (Å²) in [5.41, 5.74) is 2.43. The first kappa shape index (κ1) is 20.7. The van der Waals surface area contributed by atoms with E-state index in [4.69, 9.17) is 0 Å².